The van der Waals surface area contributed by atoms with Crippen LogP contribution in [0.2, 0.25) is 5.02 Å². The molecule has 2 amide bonds. The lowest BCUT2D eigenvalue weighted by Crippen LogP contribution is -2.24. The maximum atomic E-state index is 13.2. The Morgan fingerprint density at radius 2 is 1.94 bits per heavy atom. The summed E-state index contributed by atoms with van der Waals surface area (Å²) in [6.45, 7) is 0.293. The molecule has 8 nitrogen and oxygen atoms in total. The number of hydrogen-bond donors (Lipinski definition) is 2. The summed E-state index contributed by atoms with van der Waals surface area (Å²) >= 11 is 5.97. The van der Waals surface area contributed by atoms with Gasteiger partial charge in [-0.15, -0.1) is 0 Å². The van der Waals surface area contributed by atoms with E-state index in [2.05, 4.69) is 15.4 Å². The number of carbonyl (C=O) groups is 2. The molecule has 0 spiro atoms. The smallest absolute Gasteiger partial charge is 0.272 e. The van der Waals surface area contributed by atoms with Crippen molar-refractivity contribution >= 4 is 40.4 Å². The Hall–Kier alpha value is -3.98. The fraction of sp³-hybridized carbons (Fsp3) is 0.130. The Balaban J connectivity index is 1.45. The van der Waals surface area contributed by atoms with Crippen LogP contribution in [-0.2, 0) is 4.79 Å². The second kappa shape index (κ2) is 8.18. The molecular weight excluding hydrogens is 449 g/mol. The summed E-state index contributed by atoms with van der Waals surface area (Å²) < 4.78 is 14.4. The number of nitrogens with one attached hydrogen (secondary N) is 2. The van der Waals surface area contributed by atoms with Crippen LogP contribution in [0.3, 0.4) is 0 Å². The van der Waals surface area contributed by atoms with Gasteiger partial charge in [0.25, 0.3) is 11.5 Å². The first-order valence-electron chi connectivity index (χ1n) is 10.1. The van der Waals surface area contributed by atoms with Gasteiger partial charge in [0.15, 0.2) is 5.65 Å². The SMILES string of the molecule is O=C(Nc1cccc(Cl)c1)c1c[nH]n2c(=O)cc([C@H]3CC(=O)N(c4ccc(F)cc4)C3)nc12. The lowest BCUT2D eigenvalue weighted by Gasteiger charge is -2.16. The number of fused-ring (bicyclic) bond motifs is 1. The van der Waals surface area contributed by atoms with Crippen LogP contribution in [0.4, 0.5) is 15.8 Å². The van der Waals surface area contributed by atoms with Gasteiger partial charge in [0.05, 0.1) is 5.69 Å². The Morgan fingerprint density at radius 1 is 1.15 bits per heavy atom. The normalized spacial score (nSPS) is 15.9. The van der Waals surface area contributed by atoms with E-state index >= 15 is 0 Å². The van der Waals surface area contributed by atoms with Gasteiger partial charge in [-0.05, 0) is 42.5 Å². The molecule has 4 aromatic rings. The standard InChI is InChI=1S/C23H17ClFN5O3/c24-14-2-1-3-16(9-14)27-23(33)18-11-26-30-21(32)10-19(28-22(18)30)13-8-20(31)29(12-13)17-6-4-15(25)5-7-17/h1-7,9-11,13,26H,8,12H2,(H,27,33)/t13-/m0/s1. The highest BCUT2D eigenvalue weighted by atomic mass is 35.5. The summed E-state index contributed by atoms with van der Waals surface area (Å²) in [4.78, 5) is 44.2. The average Bonchev–Trinajstić information content (AvgIpc) is 3.38. The minimum Gasteiger partial charge on any atom is -0.322 e. The number of anilines is 2. The number of carbonyl (C=O) groups excluding carboxylic acids is 2. The first-order chi connectivity index (χ1) is 15.9. The van der Waals surface area contributed by atoms with Crippen LogP contribution >= 0.6 is 11.6 Å². The van der Waals surface area contributed by atoms with Gasteiger partial charge in [0, 0.05) is 47.5 Å². The summed E-state index contributed by atoms with van der Waals surface area (Å²) in [5.74, 6) is -1.35. The minimum absolute atomic E-state index is 0.147. The number of nitrogens with zero attached hydrogens (tertiary/aromatic N) is 3. The van der Waals surface area contributed by atoms with Crippen LogP contribution in [0, 0.1) is 5.82 Å². The van der Waals surface area contributed by atoms with Crippen LogP contribution in [-0.4, -0.2) is 33.0 Å². The molecule has 0 aliphatic carbocycles. The van der Waals surface area contributed by atoms with Crippen molar-refractivity contribution in [3.8, 4) is 0 Å². The number of amides is 2. The van der Waals surface area contributed by atoms with Crippen LogP contribution in [0.25, 0.3) is 5.65 Å². The number of aromatic amines is 1. The van der Waals surface area contributed by atoms with Gasteiger partial charge >= 0.3 is 0 Å². The molecule has 33 heavy (non-hydrogen) atoms. The first-order valence-corrected chi connectivity index (χ1v) is 10.5. The molecule has 1 aliphatic rings. The molecule has 10 heteroatoms. The predicted molar refractivity (Wildman–Crippen MR) is 121 cm³/mol. The largest absolute Gasteiger partial charge is 0.322 e. The van der Waals surface area contributed by atoms with Crippen molar-refractivity contribution in [3.05, 3.63) is 93.2 Å². The van der Waals surface area contributed by atoms with Crippen molar-refractivity contribution < 1.29 is 14.0 Å². The van der Waals surface area contributed by atoms with E-state index in [9.17, 15) is 18.8 Å². The second-order valence-corrected chi connectivity index (χ2v) is 8.15. The van der Waals surface area contributed by atoms with Gasteiger partial charge in [-0.3, -0.25) is 19.5 Å². The maximum absolute atomic E-state index is 13.2. The molecule has 2 N–H and O–H groups in total. The molecule has 166 valence electrons. The highest BCUT2D eigenvalue weighted by Crippen LogP contribution is 2.31. The Bertz CT molecular complexity index is 1450. The zero-order chi connectivity index (χ0) is 23.1. The predicted octanol–water partition coefficient (Wildman–Crippen LogP) is 3.59. The highest BCUT2D eigenvalue weighted by molar-refractivity contribution is 6.31. The van der Waals surface area contributed by atoms with Crippen LogP contribution in [0.15, 0.2) is 65.6 Å². The molecule has 0 unspecified atom stereocenters. The minimum atomic E-state index is -0.462. The Labute approximate surface area is 191 Å². The molecule has 0 saturated carbocycles. The van der Waals surface area contributed by atoms with E-state index in [1.807, 2.05) is 0 Å². The van der Waals surface area contributed by atoms with Crippen molar-refractivity contribution in [2.75, 3.05) is 16.8 Å². The number of H-pyrrole nitrogens is 1. The number of benzene rings is 2. The molecule has 1 aliphatic heterocycles. The van der Waals surface area contributed by atoms with E-state index in [-0.39, 0.29) is 29.5 Å². The third kappa shape index (κ3) is 3.98. The number of rotatable bonds is 4. The molecule has 3 heterocycles. The Morgan fingerprint density at radius 3 is 2.70 bits per heavy atom. The average molecular weight is 466 g/mol. The van der Waals surface area contributed by atoms with Crippen molar-refractivity contribution in [1.82, 2.24) is 14.6 Å². The lowest BCUT2D eigenvalue weighted by atomic mass is 10.0. The van der Waals surface area contributed by atoms with E-state index in [1.54, 1.807) is 24.3 Å². The van der Waals surface area contributed by atoms with E-state index in [4.69, 9.17) is 11.6 Å². The van der Waals surface area contributed by atoms with E-state index < -0.39 is 17.3 Å². The molecule has 2 aromatic heterocycles. The second-order valence-electron chi connectivity index (χ2n) is 7.71. The lowest BCUT2D eigenvalue weighted by molar-refractivity contribution is -0.117. The molecule has 5 rings (SSSR count). The summed E-state index contributed by atoms with van der Waals surface area (Å²) in [5, 5.41) is 5.95. The Kier molecular flexibility index (Phi) is 5.18. The summed E-state index contributed by atoms with van der Waals surface area (Å²) in [6.07, 6.45) is 1.55. The van der Waals surface area contributed by atoms with Gasteiger partial charge in [0.1, 0.15) is 11.4 Å². The topological polar surface area (TPSA) is 99.6 Å². The number of halogens is 2. The van der Waals surface area contributed by atoms with E-state index in [0.717, 1.165) is 0 Å². The molecule has 1 fully saturated rings. The maximum Gasteiger partial charge on any atom is 0.272 e. The van der Waals surface area contributed by atoms with Crippen molar-refractivity contribution in [2.45, 2.75) is 12.3 Å². The fourth-order valence-corrected chi connectivity index (χ4v) is 4.11. The van der Waals surface area contributed by atoms with Crippen LogP contribution in [0.5, 0.6) is 0 Å². The van der Waals surface area contributed by atoms with Gasteiger partial charge in [-0.25, -0.2) is 13.9 Å². The van der Waals surface area contributed by atoms with Gasteiger partial charge in [0.2, 0.25) is 5.91 Å². The zero-order valence-corrected chi connectivity index (χ0v) is 17.8. The monoisotopic (exact) mass is 465 g/mol. The van der Waals surface area contributed by atoms with Crippen molar-refractivity contribution in [2.24, 2.45) is 0 Å². The third-order valence-electron chi connectivity index (χ3n) is 5.53. The zero-order valence-electron chi connectivity index (χ0n) is 17.1. The fourth-order valence-electron chi connectivity index (χ4n) is 3.92. The van der Waals surface area contributed by atoms with Crippen LogP contribution in [0.1, 0.15) is 28.4 Å². The highest BCUT2D eigenvalue weighted by Gasteiger charge is 2.33. The first kappa shape index (κ1) is 20.9. The third-order valence-corrected chi connectivity index (χ3v) is 5.76. The molecular formula is C23H17ClFN5O3. The van der Waals surface area contributed by atoms with E-state index in [1.165, 1.54) is 45.9 Å². The molecule has 0 bridgehead atoms. The van der Waals surface area contributed by atoms with Crippen molar-refractivity contribution in [1.29, 1.82) is 0 Å². The number of hydrogen-bond acceptors (Lipinski definition) is 4. The summed E-state index contributed by atoms with van der Waals surface area (Å²) in [6, 6.07) is 13.7. The summed E-state index contributed by atoms with van der Waals surface area (Å²) in [5.41, 5.74) is 1.42. The van der Waals surface area contributed by atoms with E-state index in [0.29, 0.717) is 28.6 Å². The molecule has 1 atom stereocenters. The molecule has 0 radical (unpaired) electrons. The van der Waals surface area contributed by atoms with Gasteiger partial charge < -0.3 is 10.2 Å². The summed E-state index contributed by atoms with van der Waals surface area (Å²) in [7, 11) is 0. The van der Waals surface area contributed by atoms with Gasteiger partial charge in [-0.1, -0.05) is 17.7 Å². The molecule has 1 saturated heterocycles. The quantitative estimate of drug-likeness (QED) is 0.481. The van der Waals surface area contributed by atoms with Crippen LogP contribution < -0.4 is 15.8 Å². The van der Waals surface area contributed by atoms with Gasteiger partial charge in [-0.2, -0.15) is 0 Å². The molecule has 2 aromatic carbocycles. The number of aromatic nitrogens is 3. The van der Waals surface area contributed by atoms with Crippen molar-refractivity contribution in [3.63, 3.8) is 0 Å².